The topological polar surface area (TPSA) is 53.6 Å². The van der Waals surface area contributed by atoms with E-state index in [4.69, 9.17) is 16.3 Å². The molecule has 0 aliphatic carbocycles. The largest absolute Gasteiger partial charge is 0.493 e. The first-order valence-corrected chi connectivity index (χ1v) is 10.3. The molecule has 2 aliphatic heterocycles. The van der Waals surface area contributed by atoms with E-state index in [1.165, 1.54) is 5.56 Å². The zero-order valence-electron chi connectivity index (χ0n) is 15.9. The molecule has 1 fully saturated rings. The van der Waals surface area contributed by atoms with Crippen LogP contribution in [0.1, 0.15) is 36.4 Å². The molecule has 6 heteroatoms. The predicted molar refractivity (Wildman–Crippen MR) is 111 cm³/mol. The predicted octanol–water partition coefficient (Wildman–Crippen LogP) is 4.13. The van der Waals surface area contributed by atoms with Gasteiger partial charge in [0.05, 0.1) is 12.6 Å². The molecule has 0 bridgehead atoms. The number of halogens is 1. The molecular formula is C22H26ClN3O2. The normalized spacial score (nSPS) is 20.1. The minimum Gasteiger partial charge on any atom is -0.493 e. The van der Waals surface area contributed by atoms with Crippen molar-refractivity contribution < 1.29 is 9.53 Å². The summed E-state index contributed by atoms with van der Waals surface area (Å²) >= 11 is 5.95. The molecule has 4 rings (SSSR count). The van der Waals surface area contributed by atoms with Crippen LogP contribution in [0.2, 0.25) is 5.02 Å². The van der Waals surface area contributed by atoms with Gasteiger partial charge >= 0.3 is 6.03 Å². The number of amides is 2. The summed E-state index contributed by atoms with van der Waals surface area (Å²) in [6.45, 7) is 3.52. The highest BCUT2D eigenvalue weighted by Gasteiger charge is 2.25. The monoisotopic (exact) mass is 399 g/mol. The molecule has 1 unspecified atom stereocenters. The molecule has 28 heavy (non-hydrogen) atoms. The second kappa shape index (κ2) is 8.84. The molecule has 2 aliphatic rings. The van der Waals surface area contributed by atoms with Crippen LogP contribution in [0.15, 0.2) is 48.5 Å². The van der Waals surface area contributed by atoms with Gasteiger partial charge in [-0.25, -0.2) is 4.79 Å². The molecule has 2 aromatic carbocycles. The molecular weight excluding hydrogens is 374 g/mol. The van der Waals surface area contributed by atoms with Gasteiger partial charge in [0.25, 0.3) is 0 Å². The molecule has 0 saturated carbocycles. The van der Waals surface area contributed by atoms with Crippen molar-refractivity contribution >= 4 is 17.6 Å². The van der Waals surface area contributed by atoms with Crippen molar-refractivity contribution in [2.75, 3.05) is 19.7 Å². The van der Waals surface area contributed by atoms with Gasteiger partial charge in [0, 0.05) is 42.7 Å². The highest BCUT2D eigenvalue weighted by molar-refractivity contribution is 6.30. The maximum absolute atomic E-state index is 12.5. The van der Waals surface area contributed by atoms with Gasteiger partial charge < -0.3 is 15.4 Å². The lowest BCUT2D eigenvalue weighted by Crippen LogP contribution is -2.48. The van der Waals surface area contributed by atoms with E-state index in [1.54, 1.807) is 0 Å². The third kappa shape index (κ3) is 4.78. The second-order valence-corrected chi connectivity index (χ2v) is 7.96. The number of ether oxygens (including phenoxy) is 1. The molecule has 0 spiro atoms. The van der Waals surface area contributed by atoms with Crippen molar-refractivity contribution in [3.8, 4) is 5.75 Å². The van der Waals surface area contributed by atoms with Crippen molar-refractivity contribution in [3.05, 3.63) is 64.7 Å². The van der Waals surface area contributed by atoms with Gasteiger partial charge in [-0.2, -0.15) is 0 Å². The Kier molecular flexibility index (Phi) is 6.03. The maximum Gasteiger partial charge on any atom is 0.315 e. The molecule has 2 heterocycles. The van der Waals surface area contributed by atoms with Crippen LogP contribution in [0.4, 0.5) is 4.79 Å². The number of para-hydroxylation sites is 1. The van der Waals surface area contributed by atoms with E-state index < -0.39 is 0 Å². The van der Waals surface area contributed by atoms with Gasteiger partial charge in [-0.3, -0.25) is 4.90 Å². The minimum absolute atomic E-state index is 0.00921. The van der Waals surface area contributed by atoms with Crippen LogP contribution in [0.25, 0.3) is 0 Å². The first-order valence-electron chi connectivity index (χ1n) is 9.93. The zero-order valence-corrected chi connectivity index (χ0v) is 16.6. The maximum atomic E-state index is 12.5. The Morgan fingerprint density at radius 1 is 1.04 bits per heavy atom. The summed E-state index contributed by atoms with van der Waals surface area (Å²) in [6.07, 6.45) is 2.72. The summed E-state index contributed by atoms with van der Waals surface area (Å²) < 4.78 is 5.67. The van der Waals surface area contributed by atoms with Gasteiger partial charge in [0.2, 0.25) is 0 Å². The number of carbonyl (C=O) groups is 1. The van der Waals surface area contributed by atoms with Gasteiger partial charge in [-0.1, -0.05) is 41.9 Å². The van der Waals surface area contributed by atoms with Crippen molar-refractivity contribution in [1.29, 1.82) is 0 Å². The van der Waals surface area contributed by atoms with Crippen LogP contribution in [0.5, 0.6) is 5.75 Å². The summed E-state index contributed by atoms with van der Waals surface area (Å²) in [6, 6.07) is 16.1. The van der Waals surface area contributed by atoms with Gasteiger partial charge in [0.15, 0.2) is 0 Å². The molecule has 2 N–H and O–H groups in total. The Morgan fingerprint density at radius 3 is 2.57 bits per heavy atom. The third-order valence-corrected chi connectivity index (χ3v) is 5.76. The number of rotatable bonds is 4. The molecule has 1 atom stereocenters. The van der Waals surface area contributed by atoms with E-state index in [0.29, 0.717) is 6.61 Å². The van der Waals surface area contributed by atoms with Crippen LogP contribution in [-0.4, -0.2) is 36.7 Å². The lowest BCUT2D eigenvalue weighted by atomic mass is 10.0. The second-order valence-electron chi connectivity index (χ2n) is 7.52. The van der Waals surface area contributed by atoms with Crippen molar-refractivity contribution in [2.45, 2.75) is 37.9 Å². The lowest BCUT2D eigenvalue weighted by Gasteiger charge is -2.33. The smallest absolute Gasteiger partial charge is 0.315 e. The first-order chi connectivity index (χ1) is 13.7. The highest BCUT2D eigenvalue weighted by atomic mass is 35.5. The van der Waals surface area contributed by atoms with Crippen molar-refractivity contribution in [1.82, 2.24) is 15.5 Å². The Morgan fingerprint density at radius 2 is 1.79 bits per heavy atom. The Balaban J connectivity index is 1.24. The van der Waals surface area contributed by atoms with E-state index in [0.717, 1.165) is 55.2 Å². The molecule has 2 aromatic rings. The Labute approximate surface area is 171 Å². The van der Waals surface area contributed by atoms with Crippen LogP contribution in [0, 0.1) is 0 Å². The van der Waals surface area contributed by atoms with Gasteiger partial charge in [-0.15, -0.1) is 0 Å². The number of urea groups is 1. The van der Waals surface area contributed by atoms with Crippen LogP contribution in [-0.2, 0) is 6.54 Å². The average molecular weight is 400 g/mol. The number of benzene rings is 2. The van der Waals surface area contributed by atoms with Gasteiger partial charge in [0.1, 0.15) is 5.75 Å². The van der Waals surface area contributed by atoms with Crippen LogP contribution in [0.3, 0.4) is 0 Å². The van der Waals surface area contributed by atoms with Crippen LogP contribution >= 0.6 is 11.6 Å². The SMILES string of the molecule is O=C(NC1CCN(Cc2ccc(Cl)cc2)CC1)NC1CCOc2ccccc21. The summed E-state index contributed by atoms with van der Waals surface area (Å²) in [5.74, 6) is 0.870. The number of hydrogen-bond acceptors (Lipinski definition) is 3. The van der Waals surface area contributed by atoms with Crippen LogP contribution < -0.4 is 15.4 Å². The Bertz CT molecular complexity index is 804. The molecule has 1 saturated heterocycles. The first kappa shape index (κ1) is 19.1. The van der Waals surface area contributed by atoms with E-state index in [1.807, 2.05) is 36.4 Å². The summed E-state index contributed by atoms with van der Waals surface area (Å²) in [5, 5.41) is 7.04. The number of nitrogens with one attached hydrogen (secondary N) is 2. The molecule has 2 amide bonds. The summed E-state index contributed by atoms with van der Waals surface area (Å²) in [7, 11) is 0. The number of hydrogen-bond donors (Lipinski definition) is 2. The molecule has 0 radical (unpaired) electrons. The van der Waals surface area contributed by atoms with Gasteiger partial charge in [-0.05, 0) is 36.6 Å². The number of fused-ring (bicyclic) bond motifs is 1. The minimum atomic E-state index is -0.0853. The quantitative estimate of drug-likeness (QED) is 0.812. The fraction of sp³-hybridized carbons (Fsp3) is 0.409. The van der Waals surface area contributed by atoms with E-state index in [-0.39, 0.29) is 18.1 Å². The molecule has 148 valence electrons. The third-order valence-electron chi connectivity index (χ3n) is 5.51. The standard InChI is InChI=1S/C22H26ClN3O2/c23-17-7-5-16(6-8-17)15-26-12-9-18(10-13-26)24-22(27)25-20-11-14-28-21-4-2-1-3-19(20)21/h1-8,18,20H,9-15H2,(H2,24,25,27). The number of nitrogens with zero attached hydrogens (tertiary/aromatic N) is 1. The van der Waals surface area contributed by atoms with E-state index >= 15 is 0 Å². The number of likely N-dealkylation sites (tertiary alicyclic amines) is 1. The number of piperidine rings is 1. The van der Waals surface area contributed by atoms with E-state index in [9.17, 15) is 4.79 Å². The highest BCUT2D eigenvalue weighted by Crippen LogP contribution is 2.31. The lowest BCUT2D eigenvalue weighted by molar-refractivity contribution is 0.183. The van der Waals surface area contributed by atoms with Crippen molar-refractivity contribution in [3.63, 3.8) is 0 Å². The average Bonchev–Trinajstić information content (AvgIpc) is 2.71. The zero-order chi connectivity index (χ0) is 19.3. The fourth-order valence-corrected chi connectivity index (χ4v) is 4.09. The molecule has 0 aromatic heterocycles. The summed E-state index contributed by atoms with van der Waals surface area (Å²) in [5.41, 5.74) is 2.33. The Hall–Kier alpha value is -2.24. The fourth-order valence-electron chi connectivity index (χ4n) is 3.96. The van der Waals surface area contributed by atoms with E-state index in [2.05, 4.69) is 27.7 Å². The molecule has 5 nitrogen and oxygen atoms in total. The van der Waals surface area contributed by atoms with Crippen molar-refractivity contribution in [2.24, 2.45) is 0 Å². The number of carbonyl (C=O) groups excluding carboxylic acids is 1. The summed E-state index contributed by atoms with van der Waals surface area (Å²) in [4.78, 5) is 14.9.